The van der Waals surface area contributed by atoms with E-state index in [9.17, 15) is 9.18 Å². The number of ether oxygens (including phenoxy) is 1. The monoisotopic (exact) mass is 355 g/mol. The molecule has 1 aromatic heterocycles. The molecule has 0 aliphatic carbocycles. The summed E-state index contributed by atoms with van der Waals surface area (Å²) >= 11 is 3.39. The van der Waals surface area contributed by atoms with Crippen molar-refractivity contribution in [2.24, 2.45) is 0 Å². The minimum atomic E-state index is -0.586. The minimum Gasteiger partial charge on any atom is -0.462 e. The van der Waals surface area contributed by atoms with Gasteiger partial charge in [-0.1, -0.05) is 0 Å². The van der Waals surface area contributed by atoms with Gasteiger partial charge in [0, 0.05) is 5.69 Å². The van der Waals surface area contributed by atoms with E-state index in [0.717, 1.165) is 21.9 Å². The Hall–Kier alpha value is -1.89. The summed E-state index contributed by atoms with van der Waals surface area (Å²) in [6.45, 7) is 5.51. The van der Waals surface area contributed by atoms with Gasteiger partial charge in [-0.3, -0.25) is 0 Å². The van der Waals surface area contributed by atoms with E-state index >= 15 is 0 Å². The summed E-state index contributed by atoms with van der Waals surface area (Å²) in [7, 11) is 0. The molecule has 0 spiro atoms. The van der Waals surface area contributed by atoms with Crippen molar-refractivity contribution >= 4 is 27.6 Å². The van der Waals surface area contributed by atoms with Crippen LogP contribution in [0.3, 0.4) is 0 Å². The van der Waals surface area contributed by atoms with Gasteiger partial charge in [0.1, 0.15) is 5.69 Å². The Labute approximate surface area is 130 Å². The molecule has 0 unspecified atom stereocenters. The van der Waals surface area contributed by atoms with Gasteiger partial charge >= 0.3 is 5.97 Å². The molecule has 112 valence electrons. The highest BCUT2D eigenvalue weighted by molar-refractivity contribution is 9.10. The first-order chi connectivity index (χ1) is 9.86. The quantitative estimate of drug-likeness (QED) is 0.678. The zero-order valence-electron chi connectivity index (χ0n) is 11.9. The maximum atomic E-state index is 14.2. The zero-order chi connectivity index (χ0) is 15.7. The molecule has 0 amide bonds. The average molecular weight is 356 g/mol. The van der Waals surface area contributed by atoms with Gasteiger partial charge in [-0.05, 0) is 48.8 Å². The van der Waals surface area contributed by atoms with Crippen LogP contribution in [0.25, 0.3) is 5.69 Å². The number of aromatic nitrogens is 2. The van der Waals surface area contributed by atoms with Crippen molar-refractivity contribution in [3.8, 4) is 5.69 Å². The lowest BCUT2D eigenvalue weighted by atomic mass is 10.1. The lowest BCUT2D eigenvalue weighted by Crippen LogP contribution is -2.11. The Morgan fingerprint density at radius 1 is 1.48 bits per heavy atom. The lowest BCUT2D eigenvalue weighted by molar-refractivity contribution is 0.0527. The molecule has 2 N–H and O–H groups in total. The summed E-state index contributed by atoms with van der Waals surface area (Å²) in [6.07, 6.45) is 0. The number of carbonyl (C=O) groups is 1. The number of hydrogen-bond acceptors (Lipinski definition) is 4. The van der Waals surface area contributed by atoms with Crippen LogP contribution in [0.15, 0.2) is 16.6 Å². The molecule has 0 aliphatic rings. The standard InChI is InChI=1S/C14H15BrFN3O2/c1-4-21-14(20)9-5-12(10(16)6-11(9)17)19-8(3)13(15)7(2)18-19/h5-6H,4,17H2,1-3H3. The Balaban J connectivity index is 2.61. The Kier molecular flexibility index (Phi) is 4.32. The predicted octanol–water partition coefficient (Wildman–Crippen LogP) is 3.15. The van der Waals surface area contributed by atoms with E-state index in [1.807, 2.05) is 0 Å². The van der Waals surface area contributed by atoms with Gasteiger partial charge in [0.15, 0.2) is 5.82 Å². The van der Waals surface area contributed by atoms with Crippen molar-refractivity contribution < 1.29 is 13.9 Å². The highest BCUT2D eigenvalue weighted by Crippen LogP contribution is 2.27. The van der Waals surface area contributed by atoms with Crippen LogP contribution in [0.1, 0.15) is 28.7 Å². The van der Waals surface area contributed by atoms with Gasteiger partial charge in [-0.15, -0.1) is 0 Å². The molecule has 0 saturated carbocycles. The van der Waals surface area contributed by atoms with Crippen molar-refractivity contribution in [2.45, 2.75) is 20.8 Å². The second-order valence-corrected chi connectivity index (χ2v) is 5.30. The normalized spacial score (nSPS) is 10.7. The van der Waals surface area contributed by atoms with E-state index in [2.05, 4.69) is 21.0 Å². The topological polar surface area (TPSA) is 70.1 Å². The number of halogens is 2. The summed E-state index contributed by atoms with van der Waals surface area (Å²) in [5, 5.41) is 4.25. The molecule has 1 heterocycles. The smallest absolute Gasteiger partial charge is 0.340 e. The number of nitrogens with zero attached hydrogens (tertiary/aromatic N) is 2. The maximum absolute atomic E-state index is 14.2. The number of aryl methyl sites for hydroxylation is 1. The van der Waals surface area contributed by atoms with E-state index in [-0.39, 0.29) is 23.5 Å². The summed E-state index contributed by atoms with van der Waals surface area (Å²) in [6, 6.07) is 2.46. The molecule has 2 aromatic rings. The molecule has 5 nitrogen and oxygen atoms in total. The zero-order valence-corrected chi connectivity index (χ0v) is 13.5. The lowest BCUT2D eigenvalue weighted by Gasteiger charge is -2.11. The van der Waals surface area contributed by atoms with Gasteiger partial charge in [-0.2, -0.15) is 5.10 Å². The van der Waals surface area contributed by atoms with Gasteiger partial charge in [-0.25, -0.2) is 13.9 Å². The van der Waals surface area contributed by atoms with Crippen LogP contribution in [-0.4, -0.2) is 22.4 Å². The van der Waals surface area contributed by atoms with E-state index in [4.69, 9.17) is 10.5 Å². The molecule has 0 aliphatic heterocycles. The van der Waals surface area contributed by atoms with Crippen LogP contribution < -0.4 is 5.73 Å². The third-order valence-electron chi connectivity index (χ3n) is 3.05. The van der Waals surface area contributed by atoms with Crippen molar-refractivity contribution in [2.75, 3.05) is 12.3 Å². The minimum absolute atomic E-state index is 0.0373. The molecule has 0 fully saturated rings. The Morgan fingerprint density at radius 3 is 2.67 bits per heavy atom. The molecule has 0 atom stereocenters. The van der Waals surface area contributed by atoms with Crippen LogP contribution >= 0.6 is 15.9 Å². The van der Waals surface area contributed by atoms with Crippen LogP contribution in [0.2, 0.25) is 0 Å². The fourth-order valence-corrected chi connectivity index (χ4v) is 2.23. The summed E-state index contributed by atoms with van der Waals surface area (Å²) in [4.78, 5) is 11.9. The molecule has 2 rings (SSSR count). The van der Waals surface area contributed by atoms with E-state index in [0.29, 0.717) is 0 Å². The summed E-state index contributed by atoms with van der Waals surface area (Å²) < 4.78 is 21.3. The molecule has 21 heavy (non-hydrogen) atoms. The first kappa shape index (κ1) is 15.5. The van der Waals surface area contributed by atoms with Crippen LogP contribution in [-0.2, 0) is 4.74 Å². The molecular weight excluding hydrogens is 341 g/mol. The number of anilines is 1. The van der Waals surface area contributed by atoms with E-state index in [1.54, 1.807) is 20.8 Å². The number of hydrogen-bond donors (Lipinski definition) is 1. The molecule has 1 aromatic carbocycles. The summed E-state index contributed by atoms with van der Waals surface area (Å²) in [5.41, 5.74) is 7.46. The second kappa shape index (κ2) is 5.85. The molecular formula is C14H15BrFN3O2. The number of nitrogens with two attached hydrogens (primary N) is 1. The van der Waals surface area contributed by atoms with Crippen molar-refractivity contribution in [1.29, 1.82) is 0 Å². The first-order valence-electron chi connectivity index (χ1n) is 6.35. The fourth-order valence-electron chi connectivity index (χ4n) is 1.98. The van der Waals surface area contributed by atoms with E-state index < -0.39 is 11.8 Å². The van der Waals surface area contributed by atoms with Gasteiger partial charge in [0.25, 0.3) is 0 Å². The van der Waals surface area contributed by atoms with Crippen molar-refractivity contribution in [3.63, 3.8) is 0 Å². The number of carbonyl (C=O) groups excluding carboxylic acids is 1. The average Bonchev–Trinajstić information content (AvgIpc) is 2.67. The molecule has 7 heteroatoms. The molecule has 0 saturated heterocycles. The first-order valence-corrected chi connectivity index (χ1v) is 7.14. The SMILES string of the molecule is CCOC(=O)c1cc(-n2nc(C)c(Br)c2C)c(F)cc1N. The third kappa shape index (κ3) is 2.78. The maximum Gasteiger partial charge on any atom is 0.340 e. The predicted molar refractivity (Wildman–Crippen MR) is 81.1 cm³/mol. The number of nitrogen functional groups attached to an aromatic ring is 1. The highest BCUT2D eigenvalue weighted by atomic mass is 79.9. The highest BCUT2D eigenvalue weighted by Gasteiger charge is 2.19. The Bertz CT molecular complexity index is 713. The van der Waals surface area contributed by atoms with Crippen LogP contribution in [0.5, 0.6) is 0 Å². The number of benzene rings is 1. The largest absolute Gasteiger partial charge is 0.462 e. The van der Waals surface area contributed by atoms with Crippen molar-refractivity contribution in [3.05, 3.63) is 39.4 Å². The van der Waals surface area contributed by atoms with Crippen molar-refractivity contribution in [1.82, 2.24) is 9.78 Å². The fraction of sp³-hybridized carbons (Fsp3) is 0.286. The van der Waals surface area contributed by atoms with Gasteiger partial charge in [0.2, 0.25) is 0 Å². The van der Waals surface area contributed by atoms with Crippen LogP contribution in [0.4, 0.5) is 10.1 Å². The second-order valence-electron chi connectivity index (χ2n) is 4.51. The third-order valence-corrected chi connectivity index (χ3v) is 4.19. The van der Waals surface area contributed by atoms with Crippen LogP contribution in [0, 0.1) is 19.7 Å². The van der Waals surface area contributed by atoms with Gasteiger partial charge in [0.05, 0.1) is 28.0 Å². The van der Waals surface area contributed by atoms with E-state index in [1.165, 1.54) is 10.7 Å². The number of rotatable bonds is 3. The number of esters is 1. The molecule has 0 radical (unpaired) electrons. The summed E-state index contributed by atoms with van der Waals surface area (Å²) in [5.74, 6) is -1.14. The molecule has 0 bridgehead atoms. The van der Waals surface area contributed by atoms with Gasteiger partial charge < -0.3 is 10.5 Å². The Morgan fingerprint density at radius 2 is 2.14 bits per heavy atom.